The average Bonchev–Trinajstić information content (AvgIpc) is 2.97. The van der Waals surface area contributed by atoms with Crippen LogP contribution >= 0.6 is 0 Å². The lowest BCUT2D eigenvalue weighted by molar-refractivity contribution is -0.0293. The number of morpholine rings is 1. The first-order valence-corrected chi connectivity index (χ1v) is 8.15. The molecule has 112 valence electrons. The molecule has 2 aliphatic heterocycles. The van der Waals surface area contributed by atoms with E-state index >= 15 is 0 Å². The van der Waals surface area contributed by atoms with E-state index in [9.17, 15) is 8.42 Å². The molecule has 0 amide bonds. The summed E-state index contributed by atoms with van der Waals surface area (Å²) >= 11 is 0. The third-order valence-electron chi connectivity index (χ3n) is 3.98. The highest BCUT2D eigenvalue weighted by Crippen LogP contribution is 2.35. The van der Waals surface area contributed by atoms with Crippen LogP contribution in [0.25, 0.3) is 0 Å². The lowest BCUT2D eigenvalue weighted by atomic mass is 9.99. The molecule has 0 unspecified atom stereocenters. The number of sulfonamides is 1. The Morgan fingerprint density at radius 1 is 1.20 bits per heavy atom. The summed E-state index contributed by atoms with van der Waals surface area (Å²) < 4.78 is 43.7. The first kappa shape index (κ1) is 14.1. The summed E-state index contributed by atoms with van der Waals surface area (Å²) in [4.78, 5) is 0.253. The number of hydrogen-bond donors (Lipinski definition) is 0. The molecule has 1 aromatic rings. The van der Waals surface area contributed by atoms with Crippen LogP contribution in [0.1, 0.15) is 17.9 Å². The van der Waals surface area contributed by atoms with Gasteiger partial charge in [-0.2, -0.15) is 4.31 Å². The number of aryl methyl sites for hydroxylation is 2. The minimum atomic E-state index is -3.58. The van der Waals surface area contributed by atoms with Crippen molar-refractivity contribution >= 4 is 10.0 Å². The summed E-state index contributed by atoms with van der Waals surface area (Å²) in [5.41, 5.74) is -0.561. The highest BCUT2D eigenvalue weighted by atomic mass is 32.2. The van der Waals surface area contributed by atoms with Crippen molar-refractivity contribution in [3.05, 3.63) is 17.6 Å². The zero-order valence-corrected chi connectivity index (χ0v) is 12.5. The lowest BCUT2D eigenvalue weighted by Gasteiger charge is -2.42. The average molecular weight is 301 g/mol. The van der Waals surface area contributed by atoms with Crippen LogP contribution in [0.15, 0.2) is 15.4 Å². The van der Waals surface area contributed by atoms with Gasteiger partial charge in [0.1, 0.15) is 16.4 Å². The van der Waals surface area contributed by atoms with E-state index < -0.39 is 15.6 Å². The van der Waals surface area contributed by atoms with Gasteiger partial charge in [0.15, 0.2) is 0 Å². The Hall–Kier alpha value is -0.890. The number of furan rings is 1. The second-order valence-electron chi connectivity index (χ2n) is 5.43. The van der Waals surface area contributed by atoms with E-state index in [1.165, 1.54) is 0 Å². The van der Waals surface area contributed by atoms with E-state index in [-0.39, 0.29) is 4.90 Å². The fourth-order valence-electron chi connectivity index (χ4n) is 2.98. The van der Waals surface area contributed by atoms with Gasteiger partial charge in [0.05, 0.1) is 25.4 Å². The van der Waals surface area contributed by atoms with Gasteiger partial charge in [-0.15, -0.1) is 0 Å². The number of rotatable bonds is 2. The van der Waals surface area contributed by atoms with Crippen LogP contribution in [0.2, 0.25) is 0 Å². The van der Waals surface area contributed by atoms with Crippen molar-refractivity contribution in [2.24, 2.45) is 0 Å². The highest BCUT2D eigenvalue weighted by Gasteiger charge is 2.49. The van der Waals surface area contributed by atoms with Crippen molar-refractivity contribution in [2.75, 3.05) is 33.0 Å². The molecule has 1 atom stereocenters. The van der Waals surface area contributed by atoms with Crippen LogP contribution in [0.3, 0.4) is 0 Å². The van der Waals surface area contributed by atoms with Gasteiger partial charge in [0.25, 0.3) is 0 Å². The monoisotopic (exact) mass is 301 g/mol. The lowest BCUT2D eigenvalue weighted by Crippen LogP contribution is -2.59. The Bertz CT molecular complexity index is 600. The van der Waals surface area contributed by atoms with E-state index in [4.69, 9.17) is 13.9 Å². The van der Waals surface area contributed by atoms with E-state index in [0.717, 1.165) is 0 Å². The minimum absolute atomic E-state index is 0.253. The first-order valence-electron chi connectivity index (χ1n) is 6.71. The third kappa shape index (κ3) is 2.09. The van der Waals surface area contributed by atoms with E-state index in [2.05, 4.69) is 0 Å². The topological polar surface area (TPSA) is 69.0 Å². The molecule has 0 saturated carbocycles. The van der Waals surface area contributed by atoms with Gasteiger partial charge < -0.3 is 13.9 Å². The Morgan fingerprint density at radius 3 is 2.45 bits per heavy atom. The molecule has 0 radical (unpaired) electrons. The molecular formula is C13H19NO5S. The number of nitrogens with zero attached hydrogens (tertiary/aromatic N) is 1. The van der Waals surface area contributed by atoms with Gasteiger partial charge in [-0.3, -0.25) is 0 Å². The van der Waals surface area contributed by atoms with Gasteiger partial charge >= 0.3 is 0 Å². The van der Waals surface area contributed by atoms with Gasteiger partial charge in [-0.25, -0.2) is 8.42 Å². The maximum absolute atomic E-state index is 12.9. The standard InChI is InChI=1S/C13H19NO5S/c1-10-7-12(11(2)19-10)20(15,16)14-4-6-18-9-13(14)3-5-17-8-13/h7H,3-6,8-9H2,1-2H3/t13-/m1/s1. The molecule has 0 aliphatic carbocycles. The van der Waals surface area contributed by atoms with Crippen molar-refractivity contribution in [3.63, 3.8) is 0 Å². The predicted molar refractivity (Wildman–Crippen MR) is 71.1 cm³/mol. The molecule has 6 nitrogen and oxygen atoms in total. The summed E-state index contributed by atoms with van der Waals surface area (Å²) in [5, 5.41) is 0. The molecule has 2 aliphatic rings. The molecule has 0 aromatic carbocycles. The highest BCUT2D eigenvalue weighted by molar-refractivity contribution is 7.89. The van der Waals surface area contributed by atoms with Crippen molar-refractivity contribution < 1.29 is 22.3 Å². The molecule has 20 heavy (non-hydrogen) atoms. The fourth-order valence-corrected chi connectivity index (χ4v) is 4.96. The zero-order chi connectivity index (χ0) is 14.4. The zero-order valence-electron chi connectivity index (χ0n) is 11.7. The molecule has 1 aromatic heterocycles. The first-order chi connectivity index (χ1) is 9.46. The van der Waals surface area contributed by atoms with Crippen LogP contribution in [-0.2, 0) is 19.5 Å². The Kier molecular flexibility index (Phi) is 3.40. The van der Waals surface area contributed by atoms with Crippen molar-refractivity contribution in [1.82, 2.24) is 4.31 Å². The maximum Gasteiger partial charge on any atom is 0.247 e. The molecule has 7 heteroatoms. The minimum Gasteiger partial charge on any atom is -0.465 e. The fraction of sp³-hybridized carbons (Fsp3) is 0.692. The van der Waals surface area contributed by atoms with Gasteiger partial charge in [0, 0.05) is 13.2 Å². The molecule has 3 rings (SSSR count). The van der Waals surface area contributed by atoms with E-state index in [1.807, 2.05) is 0 Å². The van der Waals surface area contributed by atoms with Crippen LogP contribution in [-0.4, -0.2) is 51.2 Å². The summed E-state index contributed by atoms with van der Waals surface area (Å²) in [6.07, 6.45) is 0.669. The summed E-state index contributed by atoms with van der Waals surface area (Å²) in [6, 6.07) is 1.59. The van der Waals surface area contributed by atoms with Crippen LogP contribution in [0, 0.1) is 13.8 Å². The SMILES string of the molecule is Cc1cc(S(=O)(=O)N2CCOC[C@]23CCOC3)c(C)o1. The van der Waals surface area contributed by atoms with Crippen LogP contribution in [0.4, 0.5) is 0 Å². The molecule has 0 N–H and O–H groups in total. The molecule has 2 fully saturated rings. The maximum atomic E-state index is 12.9. The van der Waals surface area contributed by atoms with Gasteiger partial charge in [0.2, 0.25) is 10.0 Å². The van der Waals surface area contributed by atoms with E-state index in [0.29, 0.717) is 50.9 Å². The smallest absolute Gasteiger partial charge is 0.247 e. The quantitative estimate of drug-likeness (QED) is 0.817. The molecule has 1 spiro atoms. The predicted octanol–water partition coefficient (Wildman–Crippen LogP) is 1.08. The Balaban J connectivity index is 2.03. The summed E-state index contributed by atoms with van der Waals surface area (Å²) in [5.74, 6) is 1.04. The normalized spacial score (nSPS) is 28.3. The van der Waals surface area contributed by atoms with Crippen LogP contribution in [0.5, 0.6) is 0 Å². The van der Waals surface area contributed by atoms with Gasteiger partial charge in [-0.05, 0) is 26.3 Å². The second-order valence-corrected chi connectivity index (χ2v) is 7.26. The molecular weight excluding hydrogens is 282 g/mol. The largest absolute Gasteiger partial charge is 0.465 e. The number of ether oxygens (including phenoxy) is 2. The molecule has 2 saturated heterocycles. The van der Waals surface area contributed by atoms with Crippen LogP contribution < -0.4 is 0 Å². The van der Waals surface area contributed by atoms with Crippen molar-refractivity contribution in [2.45, 2.75) is 30.7 Å². The third-order valence-corrected chi connectivity index (χ3v) is 6.10. The molecule has 0 bridgehead atoms. The van der Waals surface area contributed by atoms with Crippen molar-refractivity contribution in [3.8, 4) is 0 Å². The van der Waals surface area contributed by atoms with Gasteiger partial charge in [-0.1, -0.05) is 0 Å². The molecule has 3 heterocycles. The number of hydrogen-bond acceptors (Lipinski definition) is 5. The Morgan fingerprint density at radius 2 is 1.90 bits per heavy atom. The summed E-state index contributed by atoms with van der Waals surface area (Å²) in [6.45, 7) is 5.55. The second kappa shape index (κ2) is 4.84. The Labute approximate surface area is 118 Å². The van der Waals surface area contributed by atoms with E-state index in [1.54, 1.807) is 24.2 Å². The van der Waals surface area contributed by atoms with Crippen molar-refractivity contribution in [1.29, 1.82) is 0 Å². The summed E-state index contributed by atoms with van der Waals surface area (Å²) in [7, 11) is -3.58.